The van der Waals surface area contributed by atoms with Crippen molar-refractivity contribution in [2.75, 3.05) is 11.9 Å². The standard InChI is InChI=1S/C22H22N4O4S/c1-3-30-21(29)17-16-9-10-22(11-15-12-23-26-25-15,14-7-5-4-6-8-14)19(28)18(16)31-20(17)24-13(2)27/h4-8,12H,3,9-11H2,1-2H3,(H,24,27)(H,23,25,26). The first-order valence-corrected chi connectivity index (χ1v) is 10.8. The second-order valence-corrected chi connectivity index (χ2v) is 8.45. The number of ketones is 1. The van der Waals surface area contributed by atoms with Gasteiger partial charge in [-0.2, -0.15) is 15.4 Å². The van der Waals surface area contributed by atoms with Gasteiger partial charge < -0.3 is 10.1 Å². The van der Waals surface area contributed by atoms with Gasteiger partial charge in [-0.05, 0) is 30.9 Å². The first-order chi connectivity index (χ1) is 15.0. The van der Waals surface area contributed by atoms with E-state index in [1.54, 1.807) is 13.1 Å². The van der Waals surface area contributed by atoms with Crippen LogP contribution in [0, 0.1) is 0 Å². The molecule has 31 heavy (non-hydrogen) atoms. The maximum atomic E-state index is 14.0. The van der Waals surface area contributed by atoms with E-state index in [9.17, 15) is 14.4 Å². The summed E-state index contributed by atoms with van der Waals surface area (Å²) >= 11 is 1.14. The zero-order valence-electron chi connectivity index (χ0n) is 17.2. The number of thiophene rings is 1. The van der Waals surface area contributed by atoms with Gasteiger partial charge in [-0.3, -0.25) is 9.59 Å². The molecule has 1 amide bonds. The van der Waals surface area contributed by atoms with Gasteiger partial charge in [-0.25, -0.2) is 4.79 Å². The number of nitrogens with one attached hydrogen (secondary N) is 2. The molecule has 1 aliphatic rings. The SMILES string of the molecule is CCOC(=O)c1c(NC(C)=O)sc2c1CCC(Cc1cn[nH]n1)(c1ccccc1)C2=O. The summed E-state index contributed by atoms with van der Waals surface area (Å²) in [6.45, 7) is 3.30. The Kier molecular flexibility index (Phi) is 5.69. The van der Waals surface area contributed by atoms with E-state index >= 15 is 0 Å². The van der Waals surface area contributed by atoms with Gasteiger partial charge in [0.25, 0.3) is 0 Å². The Labute approximate surface area is 183 Å². The van der Waals surface area contributed by atoms with Crippen LogP contribution in [0.25, 0.3) is 0 Å². The molecule has 0 radical (unpaired) electrons. The maximum Gasteiger partial charge on any atom is 0.341 e. The number of aromatic nitrogens is 3. The van der Waals surface area contributed by atoms with Crippen LogP contribution in [0.3, 0.4) is 0 Å². The summed E-state index contributed by atoms with van der Waals surface area (Å²) in [5.74, 6) is -0.927. The zero-order chi connectivity index (χ0) is 22.0. The molecule has 8 nitrogen and oxygen atoms in total. The zero-order valence-corrected chi connectivity index (χ0v) is 18.0. The van der Waals surface area contributed by atoms with Crippen LogP contribution < -0.4 is 5.32 Å². The molecule has 1 unspecified atom stereocenters. The van der Waals surface area contributed by atoms with Crippen molar-refractivity contribution in [2.24, 2.45) is 0 Å². The van der Waals surface area contributed by atoms with E-state index in [2.05, 4.69) is 20.7 Å². The summed E-state index contributed by atoms with van der Waals surface area (Å²) in [6.07, 6.45) is 3.00. The normalized spacial score (nSPS) is 17.8. The number of aromatic amines is 1. The number of anilines is 1. The predicted octanol–water partition coefficient (Wildman–Crippen LogP) is 3.31. The van der Waals surface area contributed by atoms with Crippen molar-refractivity contribution in [3.05, 3.63) is 63.8 Å². The Balaban J connectivity index is 1.85. The summed E-state index contributed by atoms with van der Waals surface area (Å²) in [7, 11) is 0. The Morgan fingerprint density at radius 3 is 2.71 bits per heavy atom. The lowest BCUT2D eigenvalue weighted by Gasteiger charge is -2.35. The Hall–Kier alpha value is -3.33. The third kappa shape index (κ3) is 3.76. The number of amides is 1. The molecule has 1 aromatic carbocycles. The number of ether oxygens (including phenoxy) is 1. The Bertz CT molecular complexity index is 1120. The summed E-state index contributed by atoms with van der Waals surface area (Å²) in [5.41, 5.74) is 1.67. The van der Waals surface area contributed by atoms with Gasteiger partial charge in [0.05, 0.1) is 34.4 Å². The fourth-order valence-electron chi connectivity index (χ4n) is 4.15. The molecule has 0 spiro atoms. The molecule has 0 saturated heterocycles. The number of esters is 1. The van der Waals surface area contributed by atoms with E-state index in [-0.39, 0.29) is 23.9 Å². The van der Waals surface area contributed by atoms with E-state index in [1.807, 2.05) is 30.3 Å². The van der Waals surface area contributed by atoms with E-state index < -0.39 is 11.4 Å². The van der Waals surface area contributed by atoms with Crippen LogP contribution in [-0.4, -0.2) is 39.7 Å². The van der Waals surface area contributed by atoms with Crippen LogP contribution >= 0.6 is 11.3 Å². The molecule has 160 valence electrons. The largest absolute Gasteiger partial charge is 0.462 e. The van der Waals surface area contributed by atoms with Crippen molar-refractivity contribution in [3.63, 3.8) is 0 Å². The highest BCUT2D eigenvalue weighted by Gasteiger charge is 2.47. The molecule has 1 aliphatic carbocycles. The van der Waals surface area contributed by atoms with Gasteiger partial charge in [0, 0.05) is 13.3 Å². The average Bonchev–Trinajstić information content (AvgIpc) is 3.38. The number of fused-ring (bicyclic) bond motifs is 1. The van der Waals surface area contributed by atoms with Crippen LogP contribution in [0.5, 0.6) is 0 Å². The molecule has 9 heteroatoms. The number of H-pyrrole nitrogens is 1. The molecule has 0 bridgehead atoms. The minimum atomic E-state index is -0.838. The predicted molar refractivity (Wildman–Crippen MR) is 115 cm³/mol. The van der Waals surface area contributed by atoms with Gasteiger partial charge in [0.2, 0.25) is 5.91 Å². The number of nitrogens with zero attached hydrogens (tertiary/aromatic N) is 2. The summed E-state index contributed by atoms with van der Waals surface area (Å²) in [6, 6.07) is 9.60. The van der Waals surface area contributed by atoms with Crippen molar-refractivity contribution < 1.29 is 19.1 Å². The smallest absolute Gasteiger partial charge is 0.341 e. The van der Waals surface area contributed by atoms with E-state index in [0.717, 1.165) is 16.9 Å². The van der Waals surface area contributed by atoms with Crippen molar-refractivity contribution in [2.45, 2.75) is 38.5 Å². The van der Waals surface area contributed by atoms with Gasteiger partial charge in [-0.1, -0.05) is 30.3 Å². The fraction of sp³-hybridized carbons (Fsp3) is 0.318. The molecular formula is C22H22N4O4S. The molecule has 2 heterocycles. The summed E-state index contributed by atoms with van der Waals surface area (Å²) < 4.78 is 5.21. The molecule has 0 saturated carbocycles. The molecule has 0 fully saturated rings. The fourth-order valence-corrected chi connectivity index (χ4v) is 5.47. The van der Waals surface area contributed by atoms with E-state index in [4.69, 9.17) is 4.74 Å². The average molecular weight is 439 g/mol. The molecule has 0 aliphatic heterocycles. The number of carbonyl (C=O) groups is 3. The van der Waals surface area contributed by atoms with Crippen LogP contribution in [-0.2, 0) is 27.8 Å². The summed E-state index contributed by atoms with van der Waals surface area (Å²) in [5, 5.41) is 13.7. The Morgan fingerprint density at radius 2 is 2.06 bits per heavy atom. The van der Waals surface area contributed by atoms with Crippen molar-refractivity contribution in [1.82, 2.24) is 15.4 Å². The van der Waals surface area contributed by atoms with Crippen LogP contribution in [0.1, 0.15) is 57.1 Å². The first-order valence-electron chi connectivity index (χ1n) is 10.0. The first kappa shape index (κ1) is 20.9. The Morgan fingerprint density at radius 1 is 1.29 bits per heavy atom. The third-order valence-electron chi connectivity index (χ3n) is 5.49. The number of hydrogen-bond acceptors (Lipinski definition) is 7. The molecule has 4 rings (SSSR count). The summed E-state index contributed by atoms with van der Waals surface area (Å²) in [4.78, 5) is 38.9. The number of benzene rings is 1. The number of carbonyl (C=O) groups excluding carboxylic acids is 3. The second kappa shape index (κ2) is 8.43. The number of hydrogen-bond donors (Lipinski definition) is 2. The van der Waals surface area contributed by atoms with Gasteiger partial charge in [0.15, 0.2) is 5.78 Å². The van der Waals surface area contributed by atoms with E-state index in [0.29, 0.717) is 40.4 Å². The molecule has 2 aromatic heterocycles. The third-order valence-corrected chi connectivity index (χ3v) is 6.64. The van der Waals surface area contributed by atoms with Gasteiger partial charge in [-0.15, -0.1) is 11.3 Å². The lowest BCUT2D eigenvalue weighted by atomic mass is 9.66. The highest BCUT2D eigenvalue weighted by molar-refractivity contribution is 7.19. The minimum Gasteiger partial charge on any atom is -0.462 e. The van der Waals surface area contributed by atoms with Gasteiger partial charge >= 0.3 is 5.97 Å². The minimum absolute atomic E-state index is 0.0879. The van der Waals surface area contributed by atoms with Crippen molar-refractivity contribution >= 4 is 34.0 Å². The van der Waals surface area contributed by atoms with Gasteiger partial charge in [0.1, 0.15) is 5.00 Å². The second-order valence-electron chi connectivity index (χ2n) is 7.43. The molecular weight excluding hydrogens is 416 g/mol. The van der Waals surface area contributed by atoms with Crippen LogP contribution in [0.15, 0.2) is 36.5 Å². The van der Waals surface area contributed by atoms with Crippen LogP contribution in [0.2, 0.25) is 0 Å². The van der Waals surface area contributed by atoms with Crippen molar-refractivity contribution in [1.29, 1.82) is 0 Å². The highest BCUT2D eigenvalue weighted by Crippen LogP contribution is 2.47. The molecule has 2 N–H and O–H groups in total. The monoisotopic (exact) mass is 438 g/mol. The highest BCUT2D eigenvalue weighted by atomic mass is 32.1. The molecule has 1 atom stereocenters. The quantitative estimate of drug-likeness (QED) is 0.571. The lowest BCUT2D eigenvalue weighted by Crippen LogP contribution is -2.42. The lowest BCUT2D eigenvalue weighted by molar-refractivity contribution is -0.114. The van der Waals surface area contributed by atoms with Crippen molar-refractivity contribution in [3.8, 4) is 0 Å². The maximum absolute atomic E-state index is 14.0. The molecule has 3 aromatic rings. The number of rotatable bonds is 6. The number of Topliss-reactive ketones (excluding diaryl/α,β-unsaturated/α-hetero) is 1. The topological polar surface area (TPSA) is 114 Å². The van der Waals surface area contributed by atoms with E-state index in [1.165, 1.54) is 6.92 Å². The van der Waals surface area contributed by atoms with Crippen LogP contribution in [0.4, 0.5) is 5.00 Å².